The molecule has 2 amide bonds. The first-order valence-corrected chi connectivity index (χ1v) is 10.2. The first-order chi connectivity index (χ1) is 14.0. The van der Waals surface area contributed by atoms with Gasteiger partial charge in [0.25, 0.3) is 0 Å². The molecular weight excluding hydrogens is 393 g/mol. The van der Waals surface area contributed by atoms with Gasteiger partial charge in [-0.25, -0.2) is 4.39 Å². The third kappa shape index (κ3) is 4.43. The first kappa shape index (κ1) is 19.9. The highest BCUT2D eigenvalue weighted by Gasteiger charge is 2.38. The average molecular weight is 416 g/mol. The summed E-state index contributed by atoms with van der Waals surface area (Å²) in [5, 5.41) is -0.0281. The fourth-order valence-corrected chi connectivity index (χ4v) is 4.18. The SMILES string of the molecule is O=C([C@H]1CC(=O)N(c2ccc(F)c(Cl)c2)C1)N1CCN(Cc2ccccc2)CC1. The number of amides is 2. The lowest BCUT2D eigenvalue weighted by Gasteiger charge is -2.36. The van der Waals surface area contributed by atoms with Crippen LogP contribution in [0, 0.1) is 11.7 Å². The molecule has 2 aliphatic heterocycles. The third-order valence-electron chi connectivity index (χ3n) is 5.62. The molecule has 4 rings (SSSR count). The van der Waals surface area contributed by atoms with Gasteiger partial charge in [0, 0.05) is 51.4 Å². The minimum atomic E-state index is -0.525. The maximum atomic E-state index is 13.4. The Morgan fingerprint density at radius 3 is 2.48 bits per heavy atom. The van der Waals surface area contributed by atoms with Gasteiger partial charge >= 0.3 is 0 Å². The van der Waals surface area contributed by atoms with Gasteiger partial charge in [-0.2, -0.15) is 0 Å². The van der Waals surface area contributed by atoms with Crippen LogP contribution in [-0.4, -0.2) is 54.3 Å². The molecule has 29 heavy (non-hydrogen) atoms. The van der Waals surface area contributed by atoms with Crippen LogP contribution in [0.15, 0.2) is 48.5 Å². The van der Waals surface area contributed by atoms with Gasteiger partial charge in [0.15, 0.2) is 0 Å². The zero-order valence-electron chi connectivity index (χ0n) is 16.1. The second kappa shape index (κ2) is 8.51. The molecule has 0 aliphatic carbocycles. The normalized spacial score (nSPS) is 20.3. The molecule has 2 aliphatic rings. The second-order valence-electron chi connectivity index (χ2n) is 7.59. The summed E-state index contributed by atoms with van der Waals surface area (Å²) in [6, 6.07) is 14.5. The Morgan fingerprint density at radius 1 is 1.07 bits per heavy atom. The van der Waals surface area contributed by atoms with Crippen molar-refractivity contribution in [2.75, 3.05) is 37.6 Å². The number of piperazine rings is 1. The summed E-state index contributed by atoms with van der Waals surface area (Å²) in [5.74, 6) is -1.00. The van der Waals surface area contributed by atoms with E-state index in [0.717, 1.165) is 19.6 Å². The lowest BCUT2D eigenvalue weighted by Crippen LogP contribution is -2.50. The van der Waals surface area contributed by atoms with Gasteiger partial charge in [-0.15, -0.1) is 0 Å². The molecule has 2 fully saturated rings. The highest BCUT2D eigenvalue weighted by atomic mass is 35.5. The number of halogens is 2. The van der Waals surface area contributed by atoms with E-state index in [1.807, 2.05) is 23.1 Å². The van der Waals surface area contributed by atoms with Crippen LogP contribution in [0.5, 0.6) is 0 Å². The molecule has 0 unspecified atom stereocenters. The van der Waals surface area contributed by atoms with Gasteiger partial charge in [-0.3, -0.25) is 14.5 Å². The van der Waals surface area contributed by atoms with Crippen LogP contribution in [0.3, 0.4) is 0 Å². The summed E-state index contributed by atoms with van der Waals surface area (Å²) in [6.07, 6.45) is 0.179. The highest BCUT2D eigenvalue weighted by molar-refractivity contribution is 6.31. The van der Waals surface area contributed by atoms with E-state index in [4.69, 9.17) is 11.6 Å². The topological polar surface area (TPSA) is 43.9 Å². The van der Waals surface area contributed by atoms with Crippen LogP contribution in [0.4, 0.5) is 10.1 Å². The van der Waals surface area contributed by atoms with Crippen LogP contribution >= 0.6 is 11.6 Å². The molecule has 5 nitrogen and oxygen atoms in total. The van der Waals surface area contributed by atoms with Crippen molar-refractivity contribution < 1.29 is 14.0 Å². The fraction of sp³-hybridized carbons (Fsp3) is 0.364. The number of benzene rings is 2. The van der Waals surface area contributed by atoms with Crippen LogP contribution < -0.4 is 4.90 Å². The Balaban J connectivity index is 1.33. The molecule has 0 N–H and O–H groups in total. The molecule has 0 saturated carbocycles. The predicted molar refractivity (Wildman–Crippen MR) is 110 cm³/mol. The fourth-order valence-electron chi connectivity index (χ4n) is 4.00. The van der Waals surface area contributed by atoms with Crippen molar-refractivity contribution in [3.05, 3.63) is 64.9 Å². The highest BCUT2D eigenvalue weighted by Crippen LogP contribution is 2.29. The summed E-state index contributed by atoms with van der Waals surface area (Å²) in [7, 11) is 0. The third-order valence-corrected chi connectivity index (χ3v) is 5.91. The van der Waals surface area contributed by atoms with Crippen molar-refractivity contribution in [1.82, 2.24) is 9.80 Å². The lowest BCUT2D eigenvalue weighted by atomic mass is 10.1. The van der Waals surface area contributed by atoms with Gasteiger partial charge in [0.05, 0.1) is 10.9 Å². The molecule has 2 aromatic rings. The molecule has 2 heterocycles. The van der Waals surface area contributed by atoms with E-state index < -0.39 is 5.82 Å². The minimum Gasteiger partial charge on any atom is -0.340 e. The van der Waals surface area contributed by atoms with Crippen molar-refractivity contribution >= 4 is 29.1 Å². The molecule has 2 saturated heterocycles. The van der Waals surface area contributed by atoms with Crippen LogP contribution in [0.25, 0.3) is 0 Å². The summed E-state index contributed by atoms with van der Waals surface area (Å²) in [6.45, 7) is 4.16. The van der Waals surface area contributed by atoms with Crippen LogP contribution in [0.2, 0.25) is 5.02 Å². The quantitative estimate of drug-likeness (QED) is 0.770. The van der Waals surface area contributed by atoms with Crippen molar-refractivity contribution in [3.8, 4) is 0 Å². The molecule has 0 aromatic heterocycles. The van der Waals surface area contributed by atoms with Crippen molar-refractivity contribution in [2.45, 2.75) is 13.0 Å². The Morgan fingerprint density at radius 2 is 1.79 bits per heavy atom. The number of carbonyl (C=O) groups is 2. The minimum absolute atomic E-state index is 0.0217. The van der Waals surface area contributed by atoms with E-state index in [2.05, 4.69) is 17.0 Å². The number of anilines is 1. The van der Waals surface area contributed by atoms with Crippen molar-refractivity contribution in [3.63, 3.8) is 0 Å². The summed E-state index contributed by atoms with van der Waals surface area (Å²) in [5.41, 5.74) is 1.80. The maximum absolute atomic E-state index is 13.4. The Bertz CT molecular complexity index is 900. The summed E-state index contributed by atoms with van der Waals surface area (Å²) in [4.78, 5) is 31.1. The van der Waals surface area contributed by atoms with E-state index in [0.29, 0.717) is 25.3 Å². The first-order valence-electron chi connectivity index (χ1n) is 9.82. The zero-order valence-corrected chi connectivity index (χ0v) is 16.8. The zero-order chi connectivity index (χ0) is 20.4. The van der Waals surface area contributed by atoms with Gasteiger partial charge in [-0.1, -0.05) is 41.9 Å². The van der Waals surface area contributed by atoms with E-state index in [-0.39, 0.29) is 29.2 Å². The van der Waals surface area contributed by atoms with Gasteiger partial charge in [0.1, 0.15) is 5.82 Å². The van der Waals surface area contributed by atoms with E-state index in [1.54, 1.807) is 0 Å². The summed E-state index contributed by atoms with van der Waals surface area (Å²) < 4.78 is 13.4. The molecular formula is C22H23ClFN3O2. The van der Waals surface area contributed by atoms with Crippen LogP contribution in [0.1, 0.15) is 12.0 Å². The van der Waals surface area contributed by atoms with Gasteiger partial charge < -0.3 is 9.80 Å². The number of hydrogen-bond acceptors (Lipinski definition) is 3. The Kier molecular flexibility index (Phi) is 5.83. The van der Waals surface area contributed by atoms with E-state index in [1.165, 1.54) is 28.7 Å². The van der Waals surface area contributed by atoms with Gasteiger partial charge in [-0.05, 0) is 23.8 Å². The molecule has 1 atom stereocenters. The van der Waals surface area contributed by atoms with Crippen molar-refractivity contribution in [1.29, 1.82) is 0 Å². The molecule has 0 bridgehead atoms. The second-order valence-corrected chi connectivity index (χ2v) is 8.00. The largest absolute Gasteiger partial charge is 0.340 e. The van der Waals surface area contributed by atoms with Crippen LogP contribution in [-0.2, 0) is 16.1 Å². The monoisotopic (exact) mass is 415 g/mol. The standard InChI is InChI=1S/C22H23ClFN3O2/c23-19-13-18(6-7-20(19)24)27-15-17(12-21(27)28)22(29)26-10-8-25(9-11-26)14-16-4-2-1-3-5-16/h1-7,13,17H,8-12,14-15H2/t17-/m0/s1. The maximum Gasteiger partial charge on any atom is 0.228 e. The van der Waals surface area contributed by atoms with Crippen molar-refractivity contribution in [2.24, 2.45) is 5.92 Å². The molecule has 0 radical (unpaired) electrons. The molecule has 0 spiro atoms. The van der Waals surface area contributed by atoms with E-state index in [9.17, 15) is 14.0 Å². The molecule has 7 heteroatoms. The number of rotatable bonds is 4. The lowest BCUT2D eigenvalue weighted by molar-refractivity contribution is -0.137. The number of carbonyl (C=O) groups excluding carboxylic acids is 2. The average Bonchev–Trinajstić information content (AvgIpc) is 3.12. The van der Waals surface area contributed by atoms with Gasteiger partial charge in [0.2, 0.25) is 11.8 Å². The van der Waals surface area contributed by atoms with E-state index >= 15 is 0 Å². The predicted octanol–water partition coefficient (Wildman–Crippen LogP) is 3.18. The number of hydrogen-bond donors (Lipinski definition) is 0. The Labute approximate surface area is 174 Å². The Hall–Kier alpha value is -2.44. The smallest absolute Gasteiger partial charge is 0.228 e. The summed E-state index contributed by atoms with van der Waals surface area (Å²) >= 11 is 5.84. The molecule has 2 aromatic carbocycles. The number of nitrogens with zero attached hydrogens (tertiary/aromatic N) is 3. The molecule has 152 valence electrons.